The molecule has 1 saturated heterocycles. The van der Waals surface area contributed by atoms with Gasteiger partial charge in [0.25, 0.3) is 0 Å². The van der Waals surface area contributed by atoms with Crippen molar-refractivity contribution < 1.29 is 13.5 Å². The van der Waals surface area contributed by atoms with Crippen molar-refractivity contribution in [3.8, 4) is 17.0 Å². The molecule has 1 N–H and O–H groups in total. The number of anilines is 2. The fraction of sp³-hybridized carbons (Fsp3) is 0.300. The highest BCUT2D eigenvalue weighted by atomic mass is 19.1. The normalized spacial score (nSPS) is 14.4. The molecule has 0 radical (unpaired) electrons. The molecule has 1 aliphatic heterocycles. The number of fused-ring (bicyclic) bond motifs is 1. The van der Waals surface area contributed by atoms with Gasteiger partial charge in [-0.25, -0.2) is 18.7 Å². The van der Waals surface area contributed by atoms with E-state index in [0.29, 0.717) is 23.6 Å². The topological polar surface area (TPSA) is 66.4 Å². The predicted octanol–water partition coefficient (Wildman–Crippen LogP) is 5.76. The molecule has 3 heterocycles. The van der Waals surface area contributed by atoms with Crippen LogP contribution in [0.3, 0.4) is 0 Å². The lowest BCUT2D eigenvalue weighted by Crippen LogP contribution is -2.46. The van der Waals surface area contributed by atoms with Crippen molar-refractivity contribution in [2.45, 2.75) is 13.3 Å². The van der Waals surface area contributed by atoms with Crippen molar-refractivity contribution in [1.82, 2.24) is 24.8 Å². The average Bonchev–Trinajstić information content (AvgIpc) is 2.95. The number of hydrogen-bond donors (Lipinski definition) is 1. The van der Waals surface area contributed by atoms with Crippen LogP contribution in [0.5, 0.6) is 5.75 Å². The summed E-state index contributed by atoms with van der Waals surface area (Å²) in [6.45, 7) is 13.3. The molecule has 0 bridgehead atoms. The minimum atomic E-state index is -0.672. The number of piperazine rings is 1. The third-order valence-electron chi connectivity index (χ3n) is 7.02. The van der Waals surface area contributed by atoms with Gasteiger partial charge in [0.15, 0.2) is 0 Å². The van der Waals surface area contributed by atoms with E-state index in [9.17, 15) is 8.78 Å². The summed E-state index contributed by atoms with van der Waals surface area (Å²) in [5.41, 5.74) is 2.14. The molecule has 5 rings (SSSR count). The van der Waals surface area contributed by atoms with E-state index in [1.165, 1.54) is 30.7 Å². The number of hydrogen-bond acceptors (Lipinski definition) is 7. The molecule has 1 fully saturated rings. The van der Waals surface area contributed by atoms with Crippen molar-refractivity contribution in [3.63, 3.8) is 0 Å². The van der Waals surface area contributed by atoms with Crippen molar-refractivity contribution in [2.24, 2.45) is 0 Å². The Morgan fingerprint density at radius 2 is 1.77 bits per heavy atom. The molecule has 0 atom stereocenters. The molecular weight excluding hydrogens is 498 g/mol. The molecule has 0 amide bonds. The standard InChI is InChI=1S/C30H32F2N6O/c1-3-21-17-23-26(19-28(21)39-16-6-11-38-14-12-37(4-2)13-15-38)34-20-35-30(23)36-22-9-10-33-27(18-22)29-24(31)7-5-8-25(29)32/h3,5,7-10,17-20H,1,4,6,11-16H2,2H3,(H,33,34,35,36). The first-order valence-electron chi connectivity index (χ1n) is 13.2. The monoisotopic (exact) mass is 530 g/mol. The van der Waals surface area contributed by atoms with Crippen LogP contribution in [0.2, 0.25) is 0 Å². The first-order valence-corrected chi connectivity index (χ1v) is 13.2. The molecule has 4 aromatic rings. The smallest absolute Gasteiger partial charge is 0.141 e. The predicted molar refractivity (Wildman–Crippen MR) is 151 cm³/mol. The number of benzene rings is 2. The second kappa shape index (κ2) is 12.3. The van der Waals surface area contributed by atoms with Gasteiger partial charge in [-0.1, -0.05) is 25.6 Å². The molecule has 7 nitrogen and oxygen atoms in total. The molecule has 39 heavy (non-hydrogen) atoms. The molecule has 0 aliphatic carbocycles. The van der Waals surface area contributed by atoms with E-state index in [2.05, 4.69) is 43.6 Å². The summed E-state index contributed by atoms with van der Waals surface area (Å²) in [7, 11) is 0. The van der Waals surface area contributed by atoms with Gasteiger partial charge < -0.3 is 19.9 Å². The van der Waals surface area contributed by atoms with Crippen LogP contribution in [-0.4, -0.2) is 70.6 Å². The van der Waals surface area contributed by atoms with Gasteiger partial charge in [-0.2, -0.15) is 0 Å². The number of nitrogens with one attached hydrogen (secondary N) is 1. The second-order valence-electron chi connectivity index (χ2n) is 9.46. The summed E-state index contributed by atoms with van der Waals surface area (Å²) >= 11 is 0. The maximum Gasteiger partial charge on any atom is 0.141 e. The zero-order chi connectivity index (χ0) is 27.2. The van der Waals surface area contributed by atoms with Gasteiger partial charge in [0.1, 0.15) is 29.5 Å². The summed E-state index contributed by atoms with van der Waals surface area (Å²) < 4.78 is 34.8. The lowest BCUT2D eigenvalue weighted by atomic mass is 10.1. The lowest BCUT2D eigenvalue weighted by Gasteiger charge is -2.33. The maximum atomic E-state index is 14.3. The van der Waals surface area contributed by atoms with Gasteiger partial charge in [0, 0.05) is 61.6 Å². The number of pyridine rings is 1. The van der Waals surface area contributed by atoms with E-state index in [4.69, 9.17) is 4.74 Å². The summed E-state index contributed by atoms with van der Waals surface area (Å²) in [5, 5.41) is 4.01. The molecule has 0 unspecified atom stereocenters. The number of ether oxygens (including phenoxy) is 1. The van der Waals surface area contributed by atoms with Crippen molar-refractivity contribution in [2.75, 3.05) is 51.2 Å². The Morgan fingerprint density at radius 3 is 2.51 bits per heavy atom. The van der Waals surface area contributed by atoms with Crippen LogP contribution in [0.1, 0.15) is 18.9 Å². The Balaban J connectivity index is 1.30. The SMILES string of the molecule is C=Cc1cc2c(Nc3ccnc(-c4c(F)cccc4F)c3)ncnc2cc1OCCCN1CCN(CC)CC1. The van der Waals surface area contributed by atoms with Gasteiger partial charge in [-0.15, -0.1) is 0 Å². The van der Waals surface area contributed by atoms with E-state index >= 15 is 0 Å². The van der Waals surface area contributed by atoms with E-state index in [0.717, 1.165) is 62.4 Å². The van der Waals surface area contributed by atoms with Gasteiger partial charge >= 0.3 is 0 Å². The summed E-state index contributed by atoms with van der Waals surface area (Å²) in [6.07, 6.45) is 5.65. The Bertz CT molecular complexity index is 1430. The minimum Gasteiger partial charge on any atom is -0.493 e. The molecule has 0 spiro atoms. The second-order valence-corrected chi connectivity index (χ2v) is 9.46. The zero-order valence-corrected chi connectivity index (χ0v) is 22.0. The van der Waals surface area contributed by atoms with Crippen LogP contribution in [0, 0.1) is 11.6 Å². The third-order valence-corrected chi connectivity index (χ3v) is 7.02. The Labute approximate surface area is 227 Å². The minimum absolute atomic E-state index is 0.173. The highest BCUT2D eigenvalue weighted by Gasteiger charge is 2.16. The maximum absolute atomic E-state index is 14.3. The molecule has 2 aromatic heterocycles. The Kier molecular flexibility index (Phi) is 8.39. The molecule has 9 heteroatoms. The number of likely N-dealkylation sites (N-methyl/N-ethyl adjacent to an activating group) is 1. The quantitative estimate of drug-likeness (QED) is 0.261. The van der Waals surface area contributed by atoms with Crippen molar-refractivity contribution >= 4 is 28.5 Å². The van der Waals surface area contributed by atoms with Gasteiger partial charge in [0.2, 0.25) is 0 Å². The number of rotatable bonds is 10. The molecular formula is C30H32F2N6O. The zero-order valence-electron chi connectivity index (χ0n) is 22.0. The van der Waals surface area contributed by atoms with E-state index < -0.39 is 11.6 Å². The van der Waals surface area contributed by atoms with Crippen LogP contribution >= 0.6 is 0 Å². The fourth-order valence-corrected chi connectivity index (χ4v) is 4.81. The van der Waals surface area contributed by atoms with Gasteiger partial charge in [-0.3, -0.25) is 4.98 Å². The number of nitrogens with zero attached hydrogens (tertiary/aromatic N) is 5. The Morgan fingerprint density at radius 1 is 1.00 bits per heavy atom. The Hall–Kier alpha value is -3.95. The number of halogens is 2. The number of aromatic nitrogens is 3. The van der Waals surface area contributed by atoms with Crippen molar-refractivity contribution in [1.29, 1.82) is 0 Å². The van der Waals surface area contributed by atoms with Crippen LogP contribution in [-0.2, 0) is 0 Å². The highest BCUT2D eigenvalue weighted by Crippen LogP contribution is 2.32. The average molecular weight is 531 g/mol. The van der Waals surface area contributed by atoms with E-state index in [1.807, 2.05) is 12.1 Å². The van der Waals surface area contributed by atoms with Crippen LogP contribution < -0.4 is 10.1 Å². The highest BCUT2D eigenvalue weighted by molar-refractivity contribution is 5.93. The largest absolute Gasteiger partial charge is 0.493 e. The molecule has 2 aromatic carbocycles. The van der Waals surface area contributed by atoms with Gasteiger partial charge in [0.05, 0.1) is 23.4 Å². The first-order chi connectivity index (χ1) is 19.1. The van der Waals surface area contributed by atoms with Crippen LogP contribution in [0.15, 0.2) is 61.6 Å². The summed E-state index contributed by atoms with van der Waals surface area (Å²) in [6, 6.07) is 10.9. The van der Waals surface area contributed by atoms with Crippen LogP contribution in [0.4, 0.5) is 20.3 Å². The van der Waals surface area contributed by atoms with Crippen LogP contribution in [0.25, 0.3) is 28.2 Å². The molecule has 0 saturated carbocycles. The molecule has 202 valence electrons. The fourth-order valence-electron chi connectivity index (χ4n) is 4.81. The summed E-state index contributed by atoms with van der Waals surface area (Å²) in [5.74, 6) is -0.0742. The van der Waals surface area contributed by atoms with E-state index in [1.54, 1.807) is 18.2 Å². The third kappa shape index (κ3) is 6.21. The summed E-state index contributed by atoms with van der Waals surface area (Å²) in [4.78, 5) is 18.0. The first kappa shape index (κ1) is 26.6. The molecule has 1 aliphatic rings. The van der Waals surface area contributed by atoms with Gasteiger partial charge in [-0.05, 0) is 43.3 Å². The van der Waals surface area contributed by atoms with Crippen molar-refractivity contribution in [3.05, 3.63) is 78.8 Å². The lowest BCUT2D eigenvalue weighted by molar-refractivity contribution is 0.130. The van der Waals surface area contributed by atoms with E-state index in [-0.39, 0.29) is 11.3 Å².